The molecule has 2 rings (SSSR count). The van der Waals surface area contributed by atoms with Gasteiger partial charge in [-0.1, -0.05) is 12.1 Å². The molecule has 2 amide bonds. The predicted octanol–water partition coefficient (Wildman–Crippen LogP) is 2.84. The standard InChI is InChI=1S/C13H16N2O2S/c1-8(2)15-12(16)11(18-13(15)17)14-10-6-4-5-9(3)7-10/h4-8,11,14H,1-3H3/t11-/m1/s1. The number of aryl methyl sites for hydroxylation is 1. The Bertz CT molecular complexity index is 488. The number of thioether (sulfide) groups is 1. The molecule has 0 spiro atoms. The first-order valence-corrected chi connectivity index (χ1v) is 6.74. The average Bonchev–Trinajstić information content (AvgIpc) is 2.54. The molecule has 1 aromatic carbocycles. The monoisotopic (exact) mass is 264 g/mol. The van der Waals surface area contributed by atoms with Crippen molar-refractivity contribution in [3.63, 3.8) is 0 Å². The first-order chi connectivity index (χ1) is 8.49. The summed E-state index contributed by atoms with van der Waals surface area (Å²) in [6, 6.07) is 7.66. The van der Waals surface area contributed by atoms with Gasteiger partial charge in [0.15, 0.2) is 5.37 Å². The van der Waals surface area contributed by atoms with Gasteiger partial charge in [0, 0.05) is 11.7 Å². The second-order valence-corrected chi connectivity index (χ2v) is 5.64. The fourth-order valence-electron chi connectivity index (χ4n) is 1.87. The molecule has 1 aliphatic rings. The van der Waals surface area contributed by atoms with Gasteiger partial charge in [-0.05, 0) is 50.2 Å². The summed E-state index contributed by atoms with van der Waals surface area (Å²) < 4.78 is 0. The van der Waals surface area contributed by atoms with E-state index in [0.29, 0.717) is 0 Å². The molecule has 1 saturated heterocycles. The van der Waals surface area contributed by atoms with Crippen LogP contribution >= 0.6 is 11.8 Å². The molecular weight excluding hydrogens is 248 g/mol. The zero-order valence-corrected chi connectivity index (χ0v) is 11.5. The van der Waals surface area contributed by atoms with Gasteiger partial charge in [-0.2, -0.15) is 0 Å². The van der Waals surface area contributed by atoms with Crippen molar-refractivity contribution in [2.75, 3.05) is 5.32 Å². The summed E-state index contributed by atoms with van der Waals surface area (Å²) in [5.41, 5.74) is 1.97. The van der Waals surface area contributed by atoms with E-state index in [1.807, 2.05) is 45.0 Å². The van der Waals surface area contributed by atoms with Crippen LogP contribution < -0.4 is 5.32 Å². The first-order valence-electron chi connectivity index (χ1n) is 5.86. The van der Waals surface area contributed by atoms with E-state index in [0.717, 1.165) is 23.0 Å². The Hall–Kier alpha value is -1.49. The fraction of sp³-hybridized carbons (Fsp3) is 0.385. The minimum Gasteiger partial charge on any atom is -0.365 e. The molecule has 0 saturated carbocycles. The Balaban J connectivity index is 2.12. The molecule has 1 aromatic rings. The van der Waals surface area contributed by atoms with E-state index in [4.69, 9.17) is 0 Å². The normalized spacial score (nSPS) is 19.8. The van der Waals surface area contributed by atoms with E-state index in [1.54, 1.807) is 0 Å². The summed E-state index contributed by atoms with van der Waals surface area (Å²) in [4.78, 5) is 25.1. The van der Waals surface area contributed by atoms with E-state index < -0.39 is 5.37 Å². The van der Waals surface area contributed by atoms with Crippen molar-refractivity contribution >= 4 is 28.6 Å². The van der Waals surface area contributed by atoms with Crippen LogP contribution in [0.1, 0.15) is 19.4 Å². The lowest BCUT2D eigenvalue weighted by Crippen LogP contribution is -2.38. The molecule has 1 atom stereocenters. The van der Waals surface area contributed by atoms with Crippen LogP contribution in [0.3, 0.4) is 0 Å². The molecule has 1 N–H and O–H groups in total. The van der Waals surface area contributed by atoms with Crippen molar-refractivity contribution in [3.8, 4) is 0 Å². The largest absolute Gasteiger partial charge is 0.365 e. The number of nitrogens with zero attached hydrogens (tertiary/aromatic N) is 1. The van der Waals surface area contributed by atoms with E-state index in [1.165, 1.54) is 4.90 Å². The Morgan fingerprint density at radius 1 is 1.33 bits per heavy atom. The molecule has 1 heterocycles. The van der Waals surface area contributed by atoms with E-state index in [-0.39, 0.29) is 17.2 Å². The van der Waals surface area contributed by atoms with Crippen LogP contribution in [0.15, 0.2) is 24.3 Å². The SMILES string of the molecule is Cc1cccc(N[C@@H]2SC(=O)N(C(C)C)C2=O)c1. The van der Waals surface area contributed by atoms with Gasteiger partial charge in [-0.3, -0.25) is 14.5 Å². The zero-order chi connectivity index (χ0) is 13.3. The number of benzene rings is 1. The second kappa shape index (κ2) is 5.02. The molecule has 4 nitrogen and oxygen atoms in total. The lowest BCUT2D eigenvalue weighted by molar-refractivity contribution is -0.127. The summed E-state index contributed by atoms with van der Waals surface area (Å²) in [6.45, 7) is 5.66. The van der Waals surface area contributed by atoms with Gasteiger partial charge in [0.25, 0.3) is 11.1 Å². The highest BCUT2D eigenvalue weighted by Crippen LogP contribution is 2.29. The lowest BCUT2D eigenvalue weighted by Gasteiger charge is -2.18. The van der Waals surface area contributed by atoms with E-state index in [9.17, 15) is 9.59 Å². The average molecular weight is 264 g/mol. The van der Waals surface area contributed by atoms with E-state index in [2.05, 4.69) is 5.32 Å². The van der Waals surface area contributed by atoms with Crippen molar-refractivity contribution in [3.05, 3.63) is 29.8 Å². The van der Waals surface area contributed by atoms with E-state index >= 15 is 0 Å². The molecule has 0 bridgehead atoms. The number of hydrogen-bond acceptors (Lipinski definition) is 4. The number of carbonyl (C=O) groups excluding carboxylic acids is 2. The summed E-state index contributed by atoms with van der Waals surface area (Å²) in [5, 5.41) is 2.40. The Kier molecular flexibility index (Phi) is 3.61. The van der Waals surface area contributed by atoms with Gasteiger partial charge in [-0.15, -0.1) is 0 Å². The molecule has 0 radical (unpaired) electrons. The molecule has 18 heavy (non-hydrogen) atoms. The molecular formula is C13H16N2O2S. The summed E-state index contributed by atoms with van der Waals surface area (Å²) in [7, 11) is 0. The lowest BCUT2D eigenvalue weighted by atomic mass is 10.2. The zero-order valence-electron chi connectivity index (χ0n) is 10.6. The van der Waals surface area contributed by atoms with Crippen LogP contribution in [0, 0.1) is 6.92 Å². The Labute approximate surface area is 111 Å². The minimum atomic E-state index is -0.512. The third-order valence-corrected chi connectivity index (χ3v) is 3.66. The molecule has 1 aliphatic heterocycles. The number of amides is 2. The highest BCUT2D eigenvalue weighted by molar-refractivity contribution is 8.15. The van der Waals surface area contributed by atoms with Crippen molar-refractivity contribution in [1.29, 1.82) is 0 Å². The van der Waals surface area contributed by atoms with Gasteiger partial charge in [0.1, 0.15) is 0 Å². The minimum absolute atomic E-state index is 0.0955. The quantitative estimate of drug-likeness (QED) is 0.912. The molecule has 0 aliphatic carbocycles. The van der Waals surface area contributed by atoms with Crippen molar-refractivity contribution < 1.29 is 9.59 Å². The Morgan fingerprint density at radius 3 is 2.61 bits per heavy atom. The van der Waals surface area contributed by atoms with Crippen molar-refractivity contribution in [1.82, 2.24) is 4.90 Å². The topological polar surface area (TPSA) is 49.4 Å². The number of anilines is 1. The van der Waals surface area contributed by atoms with Crippen molar-refractivity contribution in [2.24, 2.45) is 0 Å². The highest BCUT2D eigenvalue weighted by Gasteiger charge is 2.40. The maximum absolute atomic E-state index is 12.1. The number of carbonyl (C=O) groups is 2. The Morgan fingerprint density at radius 2 is 2.06 bits per heavy atom. The summed E-state index contributed by atoms with van der Waals surface area (Å²) >= 11 is 1.04. The van der Waals surface area contributed by atoms with Crippen LogP contribution in [-0.4, -0.2) is 27.5 Å². The molecule has 1 fully saturated rings. The predicted molar refractivity (Wildman–Crippen MR) is 73.6 cm³/mol. The van der Waals surface area contributed by atoms with Gasteiger partial charge < -0.3 is 5.32 Å². The number of imide groups is 1. The third kappa shape index (κ3) is 2.51. The van der Waals surface area contributed by atoms with Crippen LogP contribution in [0.5, 0.6) is 0 Å². The third-order valence-electron chi connectivity index (χ3n) is 2.71. The van der Waals surface area contributed by atoms with Gasteiger partial charge >= 0.3 is 0 Å². The van der Waals surface area contributed by atoms with Gasteiger partial charge in [0.2, 0.25) is 0 Å². The van der Waals surface area contributed by atoms with Crippen LogP contribution in [-0.2, 0) is 4.79 Å². The summed E-state index contributed by atoms with van der Waals surface area (Å²) in [6.07, 6.45) is 0. The summed E-state index contributed by atoms with van der Waals surface area (Å²) in [5.74, 6) is -0.165. The van der Waals surface area contributed by atoms with Crippen LogP contribution in [0.2, 0.25) is 0 Å². The van der Waals surface area contributed by atoms with Crippen LogP contribution in [0.25, 0.3) is 0 Å². The molecule has 96 valence electrons. The van der Waals surface area contributed by atoms with Crippen molar-refractivity contribution in [2.45, 2.75) is 32.2 Å². The molecule has 5 heteroatoms. The molecule has 0 aromatic heterocycles. The number of hydrogen-bond donors (Lipinski definition) is 1. The maximum Gasteiger partial charge on any atom is 0.291 e. The smallest absolute Gasteiger partial charge is 0.291 e. The molecule has 0 unspecified atom stereocenters. The highest BCUT2D eigenvalue weighted by atomic mass is 32.2. The second-order valence-electron chi connectivity index (χ2n) is 4.58. The first kappa shape index (κ1) is 13.0. The number of rotatable bonds is 3. The van der Waals surface area contributed by atoms with Gasteiger partial charge in [-0.25, -0.2) is 0 Å². The number of nitrogens with one attached hydrogen (secondary N) is 1. The van der Waals surface area contributed by atoms with Crippen LogP contribution in [0.4, 0.5) is 10.5 Å². The maximum atomic E-state index is 12.1. The van der Waals surface area contributed by atoms with Gasteiger partial charge in [0.05, 0.1) is 0 Å². The fourth-order valence-corrected chi connectivity index (χ4v) is 2.89.